The largest absolute Gasteiger partial charge is 0.368 e. The van der Waals surface area contributed by atoms with Crippen LogP contribution in [0, 0.1) is 0 Å². The Kier molecular flexibility index (Phi) is 3.47. The van der Waals surface area contributed by atoms with Crippen LogP contribution >= 0.6 is 0 Å². The average molecular weight is 230 g/mol. The lowest BCUT2D eigenvalue weighted by Crippen LogP contribution is -2.48. The van der Waals surface area contributed by atoms with Gasteiger partial charge in [-0.25, -0.2) is 0 Å². The summed E-state index contributed by atoms with van der Waals surface area (Å²) < 4.78 is 0. The molecule has 1 fully saturated rings. The highest BCUT2D eigenvalue weighted by Gasteiger charge is 2.21. The van der Waals surface area contributed by atoms with E-state index in [1.807, 2.05) is 23.1 Å². The maximum atomic E-state index is 11.7. The second kappa shape index (κ2) is 5.04. The summed E-state index contributed by atoms with van der Waals surface area (Å²) in [7, 11) is 0. The fourth-order valence-corrected chi connectivity index (χ4v) is 2.08. The first kappa shape index (κ1) is 11.7. The Hall–Kier alpha value is -1.77. The molecule has 0 aromatic heterocycles. The van der Waals surface area contributed by atoms with Crippen LogP contribution in [0.15, 0.2) is 42.5 Å². The number of hydrogen-bond donors (Lipinski definition) is 0. The molecule has 1 aromatic carbocycles. The number of hydrogen-bond acceptors (Lipinski definition) is 2. The Morgan fingerprint density at radius 3 is 2.24 bits per heavy atom. The summed E-state index contributed by atoms with van der Waals surface area (Å²) in [6.07, 6.45) is 0. The third-order valence-electron chi connectivity index (χ3n) is 3.05. The van der Waals surface area contributed by atoms with E-state index in [1.165, 1.54) is 5.69 Å². The molecule has 17 heavy (non-hydrogen) atoms. The molecule has 0 radical (unpaired) electrons. The first-order valence-electron chi connectivity index (χ1n) is 5.93. The molecule has 0 spiro atoms. The van der Waals surface area contributed by atoms with Gasteiger partial charge in [0.15, 0.2) is 0 Å². The second-order valence-corrected chi connectivity index (χ2v) is 4.40. The summed E-state index contributed by atoms with van der Waals surface area (Å²) in [6, 6.07) is 10.3. The predicted octanol–water partition coefficient (Wildman–Crippen LogP) is 1.91. The summed E-state index contributed by atoms with van der Waals surface area (Å²) in [5, 5.41) is 0. The Morgan fingerprint density at radius 2 is 1.71 bits per heavy atom. The van der Waals surface area contributed by atoms with E-state index in [0.717, 1.165) is 26.2 Å². The van der Waals surface area contributed by atoms with Gasteiger partial charge in [0.1, 0.15) is 0 Å². The van der Waals surface area contributed by atoms with Gasteiger partial charge in [-0.05, 0) is 19.1 Å². The van der Waals surface area contributed by atoms with E-state index in [0.29, 0.717) is 5.57 Å². The lowest BCUT2D eigenvalue weighted by atomic mass is 10.2. The topological polar surface area (TPSA) is 23.6 Å². The summed E-state index contributed by atoms with van der Waals surface area (Å²) in [5.74, 6) is 0.0812. The summed E-state index contributed by atoms with van der Waals surface area (Å²) in [4.78, 5) is 15.9. The highest BCUT2D eigenvalue weighted by Crippen LogP contribution is 2.16. The zero-order chi connectivity index (χ0) is 12.3. The highest BCUT2D eigenvalue weighted by molar-refractivity contribution is 5.92. The zero-order valence-corrected chi connectivity index (χ0v) is 10.2. The van der Waals surface area contributed by atoms with Crippen LogP contribution < -0.4 is 4.90 Å². The molecular weight excluding hydrogens is 212 g/mol. The lowest BCUT2D eigenvalue weighted by Gasteiger charge is -2.36. The highest BCUT2D eigenvalue weighted by atomic mass is 16.2. The molecule has 0 N–H and O–H groups in total. The smallest absolute Gasteiger partial charge is 0.249 e. The van der Waals surface area contributed by atoms with Gasteiger partial charge in [-0.15, -0.1) is 0 Å². The minimum atomic E-state index is 0.0812. The van der Waals surface area contributed by atoms with Gasteiger partial charge in [-0.3, -0.25) is 4.79 Å². The number of benzene rings is 1. The van der Waals surface area contributed by atoms with Crippen LogP contribution in [-0.4, -0.2) is 37.0 Å². The van der Waals surface area contributed by atoms with Crippen molar-refractivity contribution in [3.05, 3.63) is 42.5 Å². The van der Waals surface area contributed by atoms with Gasteiger partial charge in [-0.2, -0.15) is 0 Å². The monoisotopic (exact) mass is 230 g/mol. The van der Waals surface area contributed by atoms with Crippen LogP contribution in [0.4, 0.5) is 5.69 Å². The molecule has 1 amide bonds. The Balaban J connectivity index is 1.95. The van der Waals surface area contributed by atoms with Crippen LogP contribution in [-0.2, 0) is 4.79 Å². The minimum Gasteiger partial charge on any atom is -0.368 e. The quantitative estimate of drug-likeness (QED) is 0.725. The van der Waals surface area contributed by atoms with Gasteiger partial charge >= 0.3 is 0 Å². The Bertz CT molecular complexity index is 405. The lowest BCUT2D eigenvalue weighted by molar-refractivity contribution is -0.127. The maximum Gasteiger partial charge on any atom is 0.249 e. The van der Waals surface area contributed by atoms with E-state index >= 15 is 0 Å². The first-order chi connectivity index (χ1) is 8.18. The van der Waals surface area contributed by atoms with Crippen LogP contribution in [0.5, 0.6) is 0 Å². The number of piperazine rings is 1. The molecular formula is C14H18N2O. The minimum absolute atomic E-state index is 0.0812. The Morgan fingerprint density at radius 1 is 1.12 bits per heavy atom. The van der Waals surface area contributed by atoms with E-state index in [-0.39, 0.29) is 5.91 Å². The summed E-state index contributed by atoms with van der Waals surface area (Å²) in [6.45, 7) is 8.81. The number of carbonyl (C=O) groups is 1. The molecule has 3 heteroatoms. The Labute approximate surface area is 102 Å². The van der Waals surface area contributed by atoms with Crippen molar-refractivity contribution in [1.29, 1.82) is 0 Å². The molecule has 1 aliphatic heterocycles. The van der Waals surface area contributed by atoms with Crippen molar-refractivity contribution >= 4 is 11.6 Å². The number of amides is 1. The van der Waals surface area contributed by atoms with E-state index in [4.69, 9.17) is 0 Å². The molecule has 1 aromatic rings. The molecule has 0 atom stereocenters. The van der Waals surface area contributed by atoms with Crippen molar-refractivity contribution in [2.45, 2.75) is 6.92 Å². The molecule has 0 aliphatic carbocycles. The van der Waals surface area contributed by atoms with E-state index in [1.54, 1.807) is 6.92 Å². The van der Waals surface area contributed by atoms with Gasteiger partial charge < -0.3 is 9.80 Å². The number of nitrogens with zero attached hydrogens (tertiary/aromatic N) is 2. The fourth-order valence-electron chi connectivity index (χ4n) is 2.08. The second-order valence-electron chi connectivity index (χ2n) is 4.40. The fraction of sp³-hybridized carbons (Fsp3) is 0.357. The summed E-state index contributed by atoms with van der Waals surface area (Å²) >= 11 is 0. The zero-order valence-electron chi connectivity index (χ0n) is 10.2. The third kappa shape index (κ3) is 2.67. The van der Waals surface area contributed by atoms with Crippen LogP contribution in [0.3, 0.4) is 0 Å². The van der Waals surface area contributed by atoms with Crippen molar-refractivity contribution < 1.29 is 4.79 Å². The van der Waals surface area contributed by atoms with Gasteiger partial charge in [0.05, 0.1) is 0 Å². The molecule has 0 bridgehead atoms. The molecule has 1 aliphatic rings. The third-order valence-corrected chi connectivity index (χ3v) is 3.05. The standard InChI is InChI=1S/C14H18N2O/c1-12(2)14(17)16-10-8-15(9-11-16)13-6-4-3-5-7-13/h3-7H,1,8-11H2,2H3. The van der Waals surface area contributed by atoms with E-state index in [9.17, 15) is 4.79 Å². The normalized spacial score (nSPS) is 15.8. The van der Waals surface area contributed by atoms with Crippen LogP contribution in [0.2, 0.25) is 0 Å². The average Bonchev–Trinajstić information content (AvgIpc) is 2.39. The summed E-state index contributed by atoms with van der Waals surface area (Å²) in [5.41, 5.74) is 1.85. The molecule has 3 nitrogen and oxygen atoms in total. The first-order valence-corrected chi connectivity index (χ1v) is 5.93. The van der Waals surface area contributed by atoms with Crippen molar-refractivity contribution in [3.8, 4) is 0 Å². The molecule has 1 heterocycles. The van der Waals surface area contributed by atoms with Crippen molar-refractivity contribution in [1.82, 2.24) is 4.90 Å². The van der Waals surface area contributed by atoms with Crippen molar-refractivity contribution in [3.63, 3.8) is 0 Å². The van der Waals surface area contributed by atoms with E-state index in [2.05, 4.69) is 23.6 Å². The molecule has 1 saturated heterocycles. The number of para-hydroxylation sites is 1. The number of rotatable bonds is 2. The van der Waals surface area contributed by atoms with Gasteiger partial charge in [0.2, 0.25) is 5.91 Å². The SMILES string of the molecule is C=C(C)C(=O)N1CCN(c2ccccc2)CC1. The predicted molar refractivity (Wildman–Crippen MR) is 70.0 cm³/mol. The van der Waals surface area contributed by atoms with E-state index < -0.39 is 0 Å². The van der Waals surface area contributed by atoms with Crippen molar-refractivity contribution in [2.24, 2.45) is 0 Å². The molecule has 0 unspecified atom stereocenters. The van der Waals surface area contributed by atoms with Crippen LogP contribution in [0.1, 0.15) is 6.92 Å². The number of anilines is 1. The number of carbonyl (C=O) groups excluding carboxylic acids is 1. The van der Waals surface area contributed by atoms with Crippen molar-refractivity contribution in [2.75, 3.05) is 31.1 Å². The van der Waals surface area contributed by atoms with Gasteiger partial charge in [0, 0.05) is 37.4 Å². The van der Waals surface area contributed by atoms with Crippen LogP contribution in [0.25, 0.3) is 0 Å². The molecule has 90 valence electrons. The molecule has 0 saturated carbocycles. The molecule has 2 rings (SSSR count). The van der Waals surface area contributed by atoms with Gasteiger partial charge in [0.25, 0.3) is 0 Å². The maximum absolute atomic E-state index is 11.7. The van der Waals surface area contributed by atoms with Gasteiger partial charge in [-0.1, -0.05) is 24.8 Å².